The number of carbonyl (C=O) groups is 1. The third kappa shape index (κ3) is 0.620. The van der Waals surface area contributed by atoms with Gasteiger partial charge in [0.1, 0.15) is 5.76 Å². The van der Waals surface area contributed by atoms with Gasteiger partial charge in [0.25, 0.3) is 0 Å². The van der Waals surface area contributed by atoms with Gasteiger partial charge >= 0.3 is 0 Å². The Bertz CT molecular complexity index is 256. The van der Waals surface area contributed by atoms with Gasteiger partial charge in [-0.15, -0.1) is 0 Å². The highest BCUT2D eigenvalue weighted by atomic mass is 16.3. The number of aliphatic hydroxyl groups is 1. The molecule has 0 heterocycles. The van der Waals surface area contributed by atoms with Gasteiger partial charge in [0, 0.05) is 0 Å². The number of Topliss-reactive ketones (excluding diaryl/α,β-unsaturated/α-hetero) is 1. The third-order valence-corrected chi connectivity index (χ3v) is 1.49. The second-order valence-corrected chi connectivity index (χ2v) is 2.00. The first-order chi connectivity index (χ1) is 4.72. The quantitative estimate of drug-likeness (QED) is 0.555. The van der Waals surface area contributed by atoms with E-state index >= 15 is 0 Å². The first-order valence-electron chi connectivity index (χ1n) is 2.99. The number of hydrogen-bond donors (Lipinski definition) is 1. The Morgan fingerprint density at radius 2 is 2.20 bits per heavy atom. The fourth-order valence-electron chi connectivity index (χ4n) is 0.900. The number of ketones is 1. The molecule has 0 saturated carbocycles. The Morgan fingerprint density at radius 3 is 2.50 bits per heavy atom. The van der Waals surface area contributed by atoms with Crippen LogP contribution >= 0.6 is 0 Å². The summed E-state index contributed by atoms with van der Waals surface area (Å²) in [6.45, 7) is 5.10. The minimum atomic E-state index is -0.116. The lowest BCUT2D eigenvalue weighted by Gasteiger charge is -2.17. The molecule has 0 saturated heterocycles. The predicted molar refractivity (Wildman–Crippen MR) is 38.6 cm³/mol. The molecule has 1 rings (SSSR count). The number of rotatable bonds is 1. The summed E-state index contributed by atoms with van der Waals surface area (Å²) in [4.78, 5) is 10.9. The van der Waals surface area contributed by atoms with Crippen molar-refractivity contribution < 1.29 is 9.90 Å². The van der Waals surface area contributed by atoms with E-state index in [1.54, 1.807) is 13.0 Å². The van der Waals surface area contributed by atoms with Crippen LogP contribution in [0.15, 0.2) is 35.6 Å². The third-order valence-electron chi connectivity index (χ3n) is 1.49. The Balaban J connectivity index is 3.10. The fraction of sp³-hybridized carbons (Fsp3) is 0.125. The van der Waals surface area contributed by atoms with E-state index in [2.05, 4.69) is 6.58 Å². The summed E-state index contributed by atoms with van der Waals surface area (Å²) in [6.07, 6.45) is 2.95. The van der Waals surface area contributed by atoms with Crippen LogP contribution in [-0.2, 0) is 4.79 Å². The first-order valence-corrected chi connectivity index (χ1v) is 2.99. The van der Waals surface area contributed by atoms with Crippen LogP contribution in [0.5, 0.6) is 0 Å². The maximum absolute atomic E-state index is 10.9. The van der Waals surface area contributed by atoms with E-state index in [0.29, 0.717) is 11.1 Å². The van der Waals surface area contributed by atoms with Gasteiger partial charge in [-0.3, -0.25) is 4.79 Å². The molecule has 0 aliphatic heterocycles. The largest absolute Gasteiger partial charge is 0.506 e. The molecule has 0 bridgehead atoms. The maximum Gasteiger partial charge on any atom is 0.200 e. The van der Waals surface area contributed by atoms with Crippen LogP contribution in [0.1, 0.15) is 6.92 Å². The zero-order valence-corrected chi connectivity index (χ0v) is 5.72. The SMILES string of the molecule is C=CC1=C(O)C(=CC)C1=O. The van der Waals surface area contributed by atoms with Crippen LogP contribution in [0.25, 0.3) is 0 Å². The highest BCUT2D eigenvalue weighted by Crippen LogP contribution is 2.28. The maximum atomic E-state index is 10.9. The van der Waals surface area contributed by atoms with Crippen molar-refractivity contribution in [2.45, 2.75) is 6.92 Å². The molecule has 0 radical (unpaired) electrons. The lowest BCUT2D eigenvalue weighted by atomic mass is 9.88. The van der Waals surface area contributed by atoms with Crippen molar-refractivity contribution >= 4 is 5.78 Å². The van der Waals surface area contributed by atoms with Gasteiger partial charge in [-0.25, -0.2) is 0 Å². The Kier molecular flexibility index (Phi) is 1.45. The van der Waals surface area contributed by atoms with Crippen molar-refractivity contribution in [3.05, 3.63) is 35.6 Å². The molecule has 1 N–H and O–H groups in total. The van der Waals surface area contributed by atoms with E-state index < -0.39 is 0 Å². The first kappa shape index (κ1) is 6.81. The molecular formula is C8H8O2. The van der Waals surface area contributed by atoms with Gasteiger partial charge in [0.2, 0.25) is 0 Å². The lowest BCUT2D eigenvalue weighted by Crippen LogP contribution is -2.20. The summed E-state index contributed by atoms with van der Waals surface area (Å²) >= 11 is 0. The van der Waals surface area contributed by atoms with E-state index in [1.807, 2.05) is 0 Å². The molecule has 0 amide bonds. The molecule has 10 heavy (non-hydrogen) atoms. The average Bonchev–Trinajstić information content (AvgIpc) is 1.90. The molecule has 0 aromatic carbocycles. The minimum Gasteiger partial charge on any atom is -0.506 e. The van der Waals surface area contributed by atoms with E-state index in [1.165, 1.54) is 6.08 Å². The molecule has 2 heteroatoms. The predicted octanol–water partition coefficient (Wildman–Crippen LogP) is 1.51. The van der Waals surface area contributed by atoms with Crippen molar-refractivity contribution in [1.29, 1.82) is 0 Å². The van der Waals surface area contributed by atoms with Gasteiger partial charge in [0.05, 0.1) is 11.1 Å². The van der Waals surface area contributed by atoms with E-state index in [9.17, 15) is 4.79 Å². The fourth-order valence-corrected chi connectivity index (χ4v) is 0.900. The van der Waals surface area contributed by atoms with E-state index in [0.717, 1.165) is 0 Å². The van der Waals surface area contributed by atoms with Crippen molar-refractivity contribution in [3.63, 3.8) is 0 Å². The Hall–Kier alpha value is -1.31. The molecule has 0 fully saturated rings. The molecule has 0 aromatic heterocycles. The Morgan fingerprint density at radius 1 is 1.60 bits per heavy atom. The Labute approximate surface area is 59.2 Å². The minimum absolute atomic E-state index is 0.0718. The zero-order chi connectivity index (χ0) is 7.72. The van der Waals surface area contributed by atoms with Crippen molar-refractivity contribution in [3.8, 4) is 0 Å². The summed E-state index contributed by atoms with van der Waals surface area (Å²) in [7, 11) is 0. The summed E-state index contributed by atoms with van der Waals surface area (Å²) in [5.74, 6) is -0.0440. The van der Waals surface area contributed by atoms with E-state index in [4.69, 9.17) is 5.11 Å². The topological polar surface area (TPSA) is 37.3 Å². The summed E-state index contributed by atoms with van der Waals surface area (Å²) < 4.78 is 0. The van der Waals surface area contributed by atoms with Gasteiger partial charge < -0.3 is 5.11 Å². The van der Waals surface area contributed by atoms with Crippen LogP contribution in [0.2, 0.25) is 0 Å². The molecule has 0 aromatic rings. The molecular weight excluding hydrogens is 128 g/mol. The smallest absolute Gasteiger partial charge is 0.200 e. The van der Waals surface area contributed by atoms with E-state index in [-0.39, 0.29) is 11.5 Å². The van der Waals surface area contributed by atoms with Crippen molar-refractivity contribution in [2.75, 3.05) is 0 Å². The van der Waals surface area contributed by atoms with Gasteiger partial charge in [-0.2, -0.15) is 0 Å². The molecule has 2 nitrogen and oxygen atoms in total. The molecule has 52 valence electrons. The van der Waals surface area contributed by atoms with Gasteiger partial charge in [-0.05, 0) is 6.92 Å². The van der Waals surface area contributed by atoms with Crippen molar-refractivity contribution in [1.82, 2.24) is 0 Å². The van der Waals surface area contributed by atoms with Gasteiger partial charge in [0.15, 0.2) is 5.78 Å². The molecule has 1 aliphatic carbocycles. The standard InChI is InChI=1S/C8H8O2/c1-3-5-7(9)6(4-2)8(5)10/h3-4,9H,1H2,2H3. The highest BCUT2D eigenvalue weighted by molar-refractivity contribution is 6.20. The monoisotopic (exact) mass is 136 g/mol. The van der Waals surface area contributed by atoms with Crippen LogP contribution in [0, 0.1) is 0 Å². The number of aliphatic hydroxyl groups excluding tert-OH is 1. The van der Waals surface area contributed by atoms with Crippen LogP contribution in [0.3, 0.4) is 0 Å². The van der Waals surface area contributed by atoms with Crippen molar-refractivity contribution in [2.24, 2.45) is 0 Å². The summed E-state index contributed by atoms with van der Waals surface area (Å²) in [6, 6.07) is 0. The molecule has 0 spiro atoms. The van der Waals surface area contributed by atoms with Crippen LogP contribution in [-0.4, -0.2) is 10.9 Å². The second-order valence-electron chi connectivity index (χ2n) is 2.00. The van der Waals surface area contributed by atoms with Crippen LogP contribution in [0.4, 0.5) is 0 Å². The number of carbonyl (C=O) groups excluding carboxylic acids is 1. The summed E-state index contributed by atoms with van der Waals surface area (Å²) in [5.41, 5.74) is 0.725. The molecule has 0 unspecified atom stereocenters. The number of allylic oxidation sites excluding steroid dienone is 4. The highest BCUT2D eigenvalue weighted by Gasteiger charge is 2.30. The zero-order valence-electron chi connectivity index (χ0n) is 5.72. The summed E-state index contributed by atoms with van der Waals surface area (Å²) in [5, 5.41) is 9.06. The average molecular weight is 136 g/mol. The van der Waals surface area contributed by atoms with Gasteiger partial charge in [-0.1, -0.05) is 18.7 Å². The lowest BCUT2D eigenvalue weighted by molar-refractivity contribution is -0.113. The molecule has 1 aliphatic rings. The van der Waals surface area contributed by atoms with Crippen LogP contribution < -0.4 is 0 Å². The normalized spacial score (nSPS) is 21.3. The molecule has 0 atom stereocenters. The number of hydrogen-bond acceptors (Lipinski definition) is 2. The second kappa shape index (κ2) is 2.14.